The predicted octanol–water partition coefficient (Wildman–Crippen LogP) is 3.80. The van der Waals surface area contributed by atoms with Crippen LogP contribution in [0.3, 0.4) is 0 Å². The Balaban J connectivity index is 1.54. The summed E-state index contributed by atoms with van der Waals surface area (Å²) >= 11 is 0. The highest BCUT2D eigenvalue weighted by Crippen LogP contribution is 2.30. The molecule has 4 rings (SSSR count). The summed E-state index contributed by atoms with van der Waals surface area (Å²) in [5.41, 5.74) is 1.71. The Bertz CT molecular complexity index is 1100. The van der Waals surface area contributed by atoms with Gasteiger partial charge >= 0.3 is 0 Å². The number of halogens is 2. The van der Waals surface area contributed by atoms with Crippen LogP contribution in [0.25, 0.3) is 11.0 Å². The topological polar surface area (TPSA) is 79.7 Å². The molecule has 2 amide bonds. The number of fused-ring (bicyclic) bond motifs is 1. The second-order valence-electron chi connectivity index (χ2n) is 11.1. The van der Waals surface area contributed by atoms with Crippen molar-refractivity contribution in [3.8, 4) is 0 Å². The Labute approximate surface area is 223 Å². The molecule has 1 aromatic carbocycles. The van der Waals surface area contributed by atoms with Crippen molar-refractivity contribution in [1.82, 2.24) is 24.7 Å². The van der Waals surface area contributed by atoms with Gasteiger partial charge in [0, 0.05) is 71.9 Å². The summed E-state index contributed by atoms with van der Waals surface area (Å²) in [6.45, 7) is 7.22. The van der Waals surface area contributed by atoms with Gasteiger partial charge in [0.2, 0.25) is 5.91 Å². The Morgan fingerprint density at radius 2 is 1.92 bits per heavy atom. The number of amides is 2. The highest BCUT2D eigenvalue weighted by molar-refractivity contribution is 5.95. The van der Waals surface area contributed by atoms with E-state index in [4.69, 9.17) is 9.72 Å². The van der Waals surface area contributed by atoms with Crippen molar-refractivity contribution in [2.75, 3.05) is 46.4 Å². The van der Waals surface area contributed by atoms with Crippen LogP contribution in [0.2, 0.25) is 0 Å². The lowest BCUT2D eigenvalue weighted by molar-refractivity contribution is -0.142. The number of imidazole rings is 1. The average Bonchev–Trinajstić information content (AvgIpc) is 3.27. The van der Waals surface area contributed by atoms with Crippen LogP contribution < -0.4 is 5.32 Å². The van der Waals surface area contributed by atoms with E-state index < -0.39 is 5.92 Å². The zero-order valence-corrected chi connectivity index (χ0v) is 22.8. The van der Waals surface area contributed by atoms with E-state index >= 15 is 0 Å². The van der Waals surface area contributed by atoms with Gasteiger partial charge in [0.05, 0.1) is 17.0 Å². The number of likely N-dealkylation sites (tertiary alicyclic amines) is 1. The fourth-order valence-electron chi connectivity index (χ4n) is 5.56. The van der Waals surface area contributed by atoms with Gasteiger partial charge in [-0.1, -0.05) is 26.0 Å². The van der Waals surface area contributed by atoms with Crippen molar-refractivity contribution in [2.24, 2.45) is 11.8 Å². The highest BCUT2D eigenvalue weighted by atomic mass is 19.3. The number of aromatic nitrogens is 2. The third-order valence-corrected chi connectivity index (χ3v) is 7.57. The third kappa shape index (κ3) is 6.69. The summed E-state index contributed by atoms with van der Waals surface area (Å²) in [5.74, 6) is -2.65. The molecule has 2 fully saturated rings. The van der Waals surface area contributed by atoms with Crippen LogP contribution in [0.1, 0.15) is 56.6 Å². The molecule has 0 radical (unpaired) electrons. The van der Waals surface area contributed by atoms with Gasteiger partial charge < -0.3 is 24.4 Å². The predicted molar refractivity (Wildman–Crippen MR) is 142 cm³/mol. The molecular weight excluding hydrogens is 492 g/mol. The molecule has 2 aliphatic rings. The van der Waals surface area contributed by atoms with E-state index in [2.05, 4.69) is 19.2 Å². The number of hydrogen-bond donors (Lipinski definition) is 1. The molecule has 210 valence electrons. The normalized spacial score (nSPS) is 21.7. The van der Waals surface area contributed by atoms with Crippen molar-refractivity contribution in [1.29, 1.82) is 0 Å². The minimum atomic E-state index is -2.69. The van der Waals surface area contributed by atoms with E-state index in [1.807, 2.05) is 33.7 Å². The summed E-state index contributed by atoms with van der Waals surface area (Å²) in [6.07, 6.45) is 1.66. The lowest BCUT2D eigenvalue weighted by Crippen LogP contribution is -2.56. The number of benzene rings is 1. The smallest absolute Gasteiger partial charge is 0.290 e. The molecule has 3 heterocycles. The number of unbranched alkanes of at least 4 members (excludes halogenated alkanes) is 1. The Kier molecular flexibility index (Phi) is 9.36. The molecule has 38 heavy (non-hydrogen) atoms. The second kappa shape index (κ2) is 12.5. The first-order valence-corrected chi connectivity index (χ1v) is 13.8. The number of nitrogens with zero attached hydrogens (tertiary/aromatic N) is 4. The number of nitrogens with one attached hydrogen (secondary N) is 1. The van der Waals surface area contributed by atoms with Gasteiger partial charge in [-0.05, 0) is 37.3 Å². The van der Waals surface area contributed by atoms with Gasteiger partial charge in [-0.2, -0.15) is 0 Å². The largest absolute Gasteiger partial charge is 0.385 e. The van der Waals surface area contributed by atoms with Crippen LogP contribution in [0.4, 0.5) is 8.78 Å². The average molecular weight is 534 g/mol. The number of methoxy groups -OCH3 is 1. The molecule has 2 aromatic rings. The summed E-state index contributed by atoms with van der Waals surface area (Å²) in [7, 11) is 1.68. The van der Waals surface area contributed by atoms with Crippen molar-refractivity contribution in [3.05, 3.63) is 30.1 Å². The Hall–Kier alpha value is -2.59. The summed E-state index contributed by atoms with van der Waals surface area (Å²) in [6, 6.07) is 7.58. The number of piperidine rings is 2. The van der Waals surface area contributed by atoms with Crippen LogP contribution in [0, 0.1) is 11.8 Å². The van der Waals surface area contributed by atoms with Crippen LogP contribution in [0.15, 0.2) is 24.3 Å². The van der Waals surface area contributed by atoms with Crippen molar-refractivity contribution in [3.63, 3.8) is 0 Å². The van der Waals surface area contributed by atoms with E-state index in [1.165, 1.54) is 0 Å². The number of alkyl halides is 2. The Morgan fingerprint density at radius 3 is 2.63 bits per heavy atom. The van der Waals surface area contributed by atoms with Gasteiger partial charge in [-0.25, -0.2) is 13.8 Å². The summed E-state index contributed by atoms with van der Waals surface area (Å²) in [5, 5.41) is 3.34. The number of rotatable bonds is 10. The second-order valence-corrected chi connectivity index (χ2v) is 11.1. The quantitative estimate of drug-likeness (QED) is 0.470. The highest BCUT2D eigenvalue weighted by Gasteiger charge is 2.40. The number of para-hydroxylation sites is 2. The van der Waals surface area contributed by atoms with Crippen LogP contribution in [0.5, 0.6) is 0 Å². The fraction of sp³-hybridized carbons (Fsp3) is 0.679. The minimum absolute atomic E-state index is 0.0781. The van der Waals surface area contributed by atoms with E-state index in [0.29, 0.717) is 45.0 Å². The van der Waals surface area contributed by atoms with Gasteiger partial charge in [0.25, 0.3) is 11.8 Å². The number of aryl methyl sites for hydroxylation is 1. The monoisotopic (exact) mass is 533 g/mol. The maximum atomic E-state index is 14.1. The molecule has 0 bridgehead atoms. The molecule has 1 N–H and O–H groups in total. The molecule has 0 saturated carbocycles. The molecule has 2 atom stereocenters. The molecule has 10 heteroatoms. The zero-order valence-electron chi connectivity index (χ0n) is 22.8. The molecule has 1 aromatic heterocycles. The van der Waals surface area contributed by atoms with Gasteiger partial charge in [-0.3, -0.25) is 9.59 Å². The molecule has 8 nitrogen and oxygen atoms in total. The van der Waals surface area contributed by atoms with E-state index in [-0.39, 0.29) is 55.6 Å². The minimum Gasteiger partial charge on any atom is -0.385 e. The molecule has 0 aliphatic carbocycles. The summed E-state index contributed by atoms with van der Waals surface area (Å²) in [4.78, 5) is 35.6. The maximum Gasteiger partial charge on any atom is 0.290 e. The number of carbonyl (C=O) groups is 2. The van der Waals surface area contributed by atoms with Gasteiger partial charge in [0.15, 0.2) is 5.82 Å². The zero-order chi connectivity index (χ0) is 27.3. The SMILES string of the molecule is COCCCCn1c(C(=O)N(CC(C)C)C2CNCC(C(=O)N3CCC(F)(F)CC3)C2)nc2ccccc21. The standard InChI is InChI=1S/C28H41F2N5O3/c1-20(2)19-35(22-16-21(17-31-18-22)26(36)33-13-10-28(29,30)11-14-33)27(37)25-32-23-8-4-5-9-24(23)34(25)12-6-7-15-38-3/h4-5,8-9,20-22,31H,6-7,10-19H2,1-3H3. The van der Waals surface area contributed by atoms with Gasteiger partial charge in [-0.15, -0.1) is 0 Å². The van der Waals surface area contributed by atoms with E-state index in [9.17, 15) is 18.4 Å². The first-order valence-electron chi connectivity index (χ1n) is 13.8. The van der Waals surface area contributed by atoms with Crippen LogP contribution >= 0.6 is 0 Å². The first-order chi connectivity index (χ1) is 18.2. The number of hydrogen-bond acceptors (Lipinski definition) is 5. The van der Waals surface area contributed by atoms with E-state index in [1.54, 1.807) is 12.0 Å². The molecule has 0 spiro atoms. The first kappa shape index (κ1) is 28.4. The Morgan fingerprint density at radius 1 is 1.18 bits per heavy atom. The molecule has 2 saturated heterocycles. The fourth-order valence-corrected chi connectivity index (χ4v) is 5.56. The van der Waals surface area contributed by atoms with Crippen LogP contribution in [-0.2, 0) is 16.1 Å². The summed E-state index contributed by atoms with van der Waals surface area (Å²) < 4.78 is 34.5. The third-order valence-electron chi connectivity index (χ3n) is 7.57. The van der Waals surface area contributed by atoms with Crippen molar-refractivity contribution in [2.45, 2.75) is 64.5 Å². The molecule has 2 unspecified atom stereocenters. The lowest BCUT2D eigenvalue weighted by Gasteiger charge is -2.40. The lowest BCUT2D eigenvalue weighted by atomic mass is 9.91. The maximum absolute atomic E-state index is 14.1. The van der Waals surface area contributed by atoms with Crippen LogP contribution in [-0.4, -0.2) is 89.6 Å². The van der Waals surface area contributed by atoms with Crippen molar-refractivity contribution < 1.29 is 23.1 Å². The number of carbonyl (C=O) groups excluding carboxylic acids is 2. The molecular formula is C28H41F2N5O3. The molecule has 2 aliphatic heterocycles. The number of ether oxygens (including phenoxy) is 1. The van der Waals surface area contributed by atoms with E-state index in [0.717, 1.165) is 23.9 Å². The van der Waals surface area contributed by atoms with Gasteiger partial charge in [0.1, 0.15) is 0 Å². The van der Waals surface area contributed by atoms with Crippen molar-refractivity contribution >= 4 is 22.8 Å².